The Bertz CT molecular complexity index is 522. The van der Waals surface area contributed by atoms with Crippen LogP contribution in [0.3, 0.4) is 0 Å². The van der Waals surface area contributed by atoms with Gasteiger partial charge >= 0.3 is 88.7 Å². The maximum absolute atomic E-state index is 9.14. The van der Waals surface area contributed by atoms with Crippen LogP contribution in [0.4, 0.5) is 4.79 Å². The van der Waals surface area contributed by atoms with Crippen molar-refractivity contribution in [1.82, 2.24) is 0 Å². The summed E-state index contributed by atoms with van der Waals surface area (Å²) in [7, 11) is -5.43. The summed E-state index contributed by atoms with van der Waals surface area (Å²) in [4.78, 5) is 27.3. The van der Waals surface area contributed by atoms with Crippen molar-refractivity contribution in [1.29, 1.82) is 0 Å². The minimum atomic E-state index is -5.43. The molecule has 0 atom stereocenters. The molecule has 25 heavy (non-hydrogen) atoms. The van der Waals surface area contributed by atoms with Gasteiger partial charge in [0.05, 0.1) is 5.71 Å². The van der Waals surface area contributed by atoms with Crippen LogP contribution in [0.2, 0.25) is 0 Å². The molecule has 0 radical (unpaired) electrons. The maximum Gasteiger partial charge on any atom is 1.00 e. The van der Waals surface area contributed by atoms with Crippen LogP contribution in [-0.2, 0) is 4.57 Å². The minimum absolute atomic E-state index is 0. The smallest absolute Gasteiger partial charge is 0.807 e. The molecule has 0 aromatic rings. The Morgan fingerprint density at radius 2 is 1.56 bits per heavy atom. The van der Waals surface area contributed by atoms with Crippen LogP contribution in [-0.4, -0.2) is 5.71 Å². The molecule has 5 nitrogen and oxygen atoms in total. The number of carbonyl (C=O) groups is 1. The van der Waals surface area contributed by atoms with Gasteiger partial charge in [-0.1, -0.05) is 49.3 Å². The van der Waals surface area contributed by atoms with Crippen molar-refractivity contribution < 1.29 is 113 Å². The monoisotopic (exact) mass is 396 g/mol. The van der Waals surface area contributed by atoms with Gasteiger partial charge in [0.1, 0.15) is 0 Å². The van der Waals surface area contributed by atoms with E-state index in [1.807, 2.05) is 0 Å². The predicted molar refractivity (Wildman–Crippen MR) is 81.9 cm³/mol. The summed E-state index contributed by atoms with van der Waals surface area (Å²) in [5.41, 5.74) is 0.776. The summed E-state index contributed by atoms with van der Waals surface area (Å²) < 4.78 is 9.14. The molecule has 1 rings (SSSR count). The third kappa shape index (κ3) is 20.4. The molecule has 0 amide bonds. The van der Waals surface area contributed by atoms with E-state index < -0.39 is 13.3 Å². The number of allylic oxidation sites excluding steroid dienone is 6. The molecule has 0 saturated carbocycles. The van der Waals surface area contributed by atoms with Crippen molar-refractivity contribution in [3.05, 3.63) is 35.5 Å². The zero-order valence-corrected chi connectivity index (χ0v) is 23.5. The van der Waals surface area contributed by atoms with E-state index in [1.165, 1.54) is 24.0 Å². The van der Waals surface area contributed by atoms with Crippen LogP contribution in [0.5, 0.6) is 0 Å². The zero-order chi connectivity index (χ0) is 17.4. The second kappa shape index (κ2) is 16.8. The molecule has 0 N–H and O–H groups in total. The Hall–Kier alpha value is 1.84. The number of hydrogen-bond acceptors (Lipinski definition) is 5. The van der Waals surface area contributed by atoms with Gasteiger partial charge in [-0.15, -0.1) is 0 Å². The van der Waals surface area contributed by atoms with E-state index in [1.54, 1.807) is 0 Å². The Balaban J connectivity index is -0.000000192. The Morgan fingerprint density at radius 3 is 2.00 bits per heavy atom. The summed E-state index contributed by atoms with van der Waals surface area (Å²) in [6.45, 7) is 9.10. The van der Waals surface area contributed by atoms with Gasteiger partial charge in [-0.25, -0.2) is 0 Å². The van der Waals surface area contributed by atoms with E-state index in [0.717, 1.165) is 12.8 Å². The third-order valence-electron chi connectivity index (χ3n) is 3.24. The van der Waals surface area contributed by atoms with E-state index in [2.05, 4.69) is 52.0 Å². The summed E-state index contributed by atoms with van der Waals surface area (Å²) in [5.74, 6) is 0. The first-order chi connectivity index (χ1) is 9.94. The third-order valence-corrected chi connectivity index (χ3v) is 3.69. The van der Waals surface area contributed by atoms with Crippen LogP contribution in [0.15, 0.2) is 35.5 Å². The Kier molecular flexibility index (Phi) is 23.0. The van der Waals surface area contributed by atoms with E-state index in [9.17, 15) is 0 Å². The normalized spacial score (nSPS) is 16.7. The molecule has 9 heteroatoms. The molecular weight excluding hydrogens is 372 g/mol. The largest absolute Gasteiger partial charge is 1.00 e. The second-order valence-corrected chi connectivity index (χ2v) is 7.56. The SMILES string of the molecule is CC1=CCCC(C)=CCC(C)(C)C=CC1.O=C([O-])P(=O)([O-])[O-].[Na+].[Na+].[Na+]. The molecule has 0 unspecified atom stereocenters. The summed E-state index contributed by atoms with van der Waals surface area (Å²) in [5, 5.41) is 9.02. The number of carboxylic acid groups (broad SMARTS) is 1. The molecular formula is C16H24Na3O5P. The summed E-state index contributed by atoms with van der Waals surface area (Å²) >= 11 is 0. The molecule has 0 aromatic heterocycles. The van der Waals surface area contributed by atoms with E-state index in [-0.39, 0.29) is 88.7 Å². The first-order valence-electron chi connectivity index (χ1n) is 7.16. The molecule has 0 saturated heterocycles. The van der Waals surface area contributed by atoms with Gasteiger partial charge in [0, 0.05) is 0 Å². The second-order valence-electron chi connectivity index (χ2n) is 6.20. The molecule has 1 aliphatic rings. The average Bonchev–Trinajstić information content (AvgIpc) is 2.37. The molecule has 0 fully saturated rings. The van der Waals surface area contributed by atoms with Crippen molar-refractivity contribution >= 4 is 13.3 Å². The predicted octanol–water partition coefficient (Wildman–Crippen LogP) is -6.71. The quantitative estimate of drug-likeness (QED) is 0.249. The fraction of sp³-hybridized carbons (Fsp3) is 0.562. The first kappa shape index (κ1) is 34.4. The van der Waals surface area contributed by atoms with E-state index in [0.29, 0.717) is 5.41 Å². The van der Waals surface area contributed by atoms with E-state index >= 15 is 0 Å². The topological polar surface area (TPSA) is 103 Å². The van der Waals surface area contributed by atoms with Crippen LogP contribution in [0.25, 0.3) is 0 Å². The molecule has 0 heterocycles. The molecule has 0 spiro atoms. The number of carbonyl (C=O) groups excluding carboxylic acids is 1. The first-order valence-corrected chi connectivity index (χ1v) is 8.71. The van der Waals surface area contributed by atoms with Gasteiger partial charge in [-0.3, -0.25) is 0 Å². The summed E-state index contributed by atoms with van der Waals surface area (Å²) in [6, 6.07) is 0. The zero-order valence-electron chi connectivity index (χ0n) is 16.6. The molecule has 0 aromatic carbocycles. The molecule has 0 aliphatic heterocycles. The molecule has 126 valence electrons. The van der Waals surface area contributed by atoms with Crippen LogP contribution < -0.4 is 104 Å². The van der Waals surface area contributed by atoms with Gasteiger partial charge in [-0.05, 0) is 52.5 Å². The van der Waals surface area contributed by atoms with Gasteiger partial charge in [0.2, 0.25) is 0 Å². The maximum atomic E-state index is 9.14. The fourth-order valence-electron chi connectivity index (χ4n) is 1.80. The summed E-state index contributed by atoms with van der Waals surface area (Å²) in [6.07, 6.45) is 14.1. The Labute approximate surface area is 217 Å². The van der Waals surface area contributed by atoms with Crippen molar-refractivity contribution in [2.75, 3.05) is 0 Å². The van der Waals surface area contributed by atoms with Gasteiger partial charge in [-0.2, -0.15) is 0 Å². The van der Waals surface area contributed by atoms with E-state index in [4.69, 9.17) is 24.3 Å². The molecule has 1 aliphatic carbocycles. The Morgan fingerprint density at radius 1 is 1.08 bits per heavy atom. The van der Waals surface area contributed by atoms with Gasteiger partial charge < -0.3 is 24.3 Å². The van der Waals surface area contributed by atoms with Gasteiger partial charge in [0.25, 0.3) is 0 Å². The van der Waals surface area contributed by atoms with Crippen molar-refractivity contribution in [2.24, 2.45) is 5.41 Å². The number of rotatable bonds is 1. The van der Waals surface area contributed by atoms with Crippen LogP contribution in [0.1, 0.15) is 53.4 Å². The fourth-order valence-corrected chi connectivity index (χ4v) is 1.80. The number of hydrogen-bond donors (Lipinski definition) is 0. The van der Waals surface area contributed by atoms with Crippen molar-refractivity contribution in [3.63, 3.8) is 0 Å². The van der Waals surface area contributed by atoms with Crippen molar-refractivity contribution in [2.45, 2.75) is 53.4 Å². The van der Waals surface area contributed by atoms with Gasteiger partial charge in [0.15, 0.2) is 0 Å². The standard InChI is InChI=1S/C15H24.CH3O5P.3Na/c1-13-7-5-8-14(2)10-12-15(3,4)11-6-9-13;2-1(3)7(4,5)6;;;/h6-7,10-11H,5,8-9,12H2,1-4H3;(H,2,3)(H2,4,5,6);;;/q;;3*+1/p-3. The van der Waals surface area contributed by atoms with Crippen LogP contribution in [0, 0.1) is 5.41 Å². The average molecular weight is 396 g/mol. The minimum Gasteiger partial charge on any atom is -0.807 e. The molecule has 0 bridgehead atoms. The van der Waals surface area contributed by atoms with Crippen LogP contribution >= 0.6 is 7.60 Å². The van der Waals surface area contributed by atoms with Crippen molar-refractivity contribution in [3.8, 4) is 0 Å².